The SMILES string of the molecule is O=C([C@H]1C[C@H]2C=C[C@H]1C2)N1CCN(S(=O)(=O)Cc2ccccc2)CC1. The molecule has 0 N–H and O–H groups in total. The van der Waals surface area contributed by atoms with Crippen LogP contribution in [0, 0.1) is 17.8 Å². The van der Waals surface area contributed by atoms with E-state index in [1.165, 1.54) is 4.31 Å². The molecule has 134 valence electrons. The molecular weight excluding hydrogens is 336 g/mol. The van der Waals surface area contributed by atoms with Crippen LogP contribution in [-0.4, -0.2) is 49.7 Å². The topological polar surface area (TPSA) is 57.7 Å². The van der Waals surface area contributed by atoms with E-state index in [0.717, 1.165) is 18.4 Å². The summed E-state index contributed by atoms with van der Waals surface area (Å²) in [6.45, 7) is 1.81. The van der Waals surface area contributed by atoms with E-state index in [1.807, 2.05) is 35.2 Å². The van der Waals surface area contributed by atoms with E-state index in [2.05, 4.69) is 12.2 Å². The Morgan fingerprint density at radius 2 is 1.72 bits per heavy atom. The molecule has 4 rings (SSSR count). The van der Waals surface area contributed by atoms with E-state index < -0.39 is 10.0 Å². The molecule has 1 aromatic rings. The number of amides is 1. The molecule has 0 radical (unpaired) electrons. The quantitative estimate of drug-likeness (QED) is 0.771. The third kappa shape index (κ3) is 3.37. The normalized spacial score (nSPS) is 29.3. The summed E-state index contributed by atoms with van der Waals surface area (Å²) < 4.78 is 26.7. The van der Waals surface area contributed by atoms with Gasteiger partial charge in [0.2, 0.25) is 15.9 Å². The van der Waals surface area contributed by atoms with Crippen molar-refractivity contribution in [1.29, 1.82) is 0 Å². The molecule has 0 spiro atoms. The lowest BCUT2D eigenvalue weighted by Crippen LogP contribution is -2.52. The largest absolute Gasteiger partial charge is 0.340 e. The summed E-state index contributed by atoms with van der Waals surface area (Å²) >= 11 is 0. The molecule has 2 aliphatic carbocycles. The third-order valence-corrected chi connectivity index (χ3v) is 7.58. The van der Waals surface area contributed by atoms with Gasteiger partial charge < -0.3 is 4.90 Å². The standard InChI is InChI=1S/C19H24N2O3S/c22-19(18-13-16-6-7-17(18)12-16)20-8-10-21(11-9-20)25(23,24)14-15-4-2-1-3-5-15/h1-7,16-18H,8-14H2/t16-,17-,18-/m0/s1. The van der Waals surface area contributed by atoms with Gasteiger partial charge in [-0.05, 0) is 30.2 Å². The van der Waals surface area contributed by atoms with Crippen LogP contribution in [0.15, 0.2) is 42.5 Å². The van der Waals surface area contributed by atoms with Crippen molar-refractivity contribution in [3.8, 4) is 0 Å². The zero-order chi connectivity index (χ0) is 17.4. The Labute approximate surface area is 149 Å². The van der Waals surface area contributed by atoms with Gasteiger partial charge in [-0.25, -0.2) is 8.42 Å². The second kappa shape index (κ2) is 6.57. The molecule has 0 unspecified atom stereocenters. The lowest BCUT2D eigenvalue weighted by molar-refractivity contribution is -0.137. The van der Waals surface area contributed by atoms with Crippen LogP contribution >= 0.6 is 0 Å². The molecule has 0 aromatic heterocycles. The van der Waals surface area contributed by atoms with Gasteiger partial charge >= 0.3 is 0 Å². The summed E-state index contributed by atoms with van der Waals surface area (Å²) in [5, 5.41) is 0. The van der Waals surface area contributed by atoms with E-state index in [1.54, 1.807) is 0 Å². The molecule has 1 amide bonds. The molecule has 25 heavy (non-hydrogen) atoms. The molecule has 1 saturated heterocycles. The minimum Gasteiger partial charge on any atom is -0.340 e. The molecule has 1 heterocycles. The van der Waals surface area contributed by atoms with Crippen molar-refractivity contribution in [2.45, 2.75) is 18.6 Å². The maximum Gasteiger partial charge on any atom is 0.226 e. The lowest BCUT2D eigenvalue weighted by atomic mass is 9.92. The molecule has 2 fully saturated rings. The Kier molecular flexibility index (Phi) is 4.41. The van der Waals surface area contributed by atoms with Crippen molar-refractivity contribution in [2.24, 2.45) is 17.8 Å². The van der Waals surface area contributed by atoms with Gasteiger partial charge in [0.05, 0.1) is 5.75 Å². The smallest absolute Gasteiger partial charge is 0.226 e. The van der Waals surface area contributed by atoms with Gasteiger partial charge in [-0.15, -0.1) is 0 Å². The minimum atomic E-state index is -3.33. The number of carbonyl (C=O) groups excluding carboxylic acids is 1. The molecule has 1 saturated carbocycles. The van der Waals surface area contributed by atoms with Gasteiger partial charge in [0.15, 0.2) is 0 Å². The van der Waals surface area contributed by atoms with E-state index in [9.17, 15) is 13.2 Å². The van der Waals surface area contributed by atoms with E-state index >= 15 is 0 Å². The number of fused-ring (bicyclic) bond motifs is 2. The number of hydrogen-bond donors (Lipinski definition) is 0. The monoisotopic (exact) mass is 360 g/mol. The van der Waals surface area contributed by atoms with E-state index in [0.29, 0.717) is 38.0 Å². The predicted octanol–water partition coefficient (Wildman–Crippen LogP) is 1.87. The van der Waals surface area contributed by atoms with Crippen molar-refractivity contribution < 1.29 is 13.2 Å². The van der Waals surface area contributed by atoms with Crippen LogP contribution in [0.3, 0.4) is 0 Å². The van der Waals surface area contributed by atoms with Gasteiger partial charge in [0.1, 0.15) is 0 Å². The highest BCUT2D eigenvalue weighted by Crippen LogP contribution is 2.44. The Hall–Kier alpha value is -1.66. The first kappa shape index (κ1) is 16.8. The fraction of sp³-hybridized carbons (Fsp3) is 0.526. The lowest BCUT2D eigenvalue weighted by Gasteiger charge is -2.36. The number of sulfonamides is 1. The van der Waals surface area contributed by atoms with Gasteiger partial charge in [0, 0.05) is 32.1 Å². The van der Waals surface area contributed by atoms with Crippen LogP contribution in [0.4, 0.5) is 0 Å². The van der Waals surface area contributed by atoms with Crippen LogP contribution in [0.1, 0.15) is 18.4 Å². The fourth-order valence-electron chi connectivity index (χ4n) is 4.36. The summed E-state index contributed by atoms with van der Waals surface area (Å²) in [5.74, 6) is 1.34. The number of rotatable bonds is 4. The van der Waals surface area contributed by atoms with Crippen molar-refractivity contribution in [3.05, 3.63) is 48.0 Å². The average Bonchev–Trinajstić information content (AvgIpc) is 3.25. The van der Waals surface area contributed by atoms with Crippen LogP contribution in [0.2, 0.25) is 0 Å². The zero-order valence-corrected chi connectivity index (χ0v) is 15.1. The fourth-order valence-corrected chi connectivity index (χ4v) is 5.88. The van der Waals surface area contributed by atoms with Crippen molar-refractivity contribution in [3.63, 3.8) is 0 Å². The molecular formula is C19H24N2O3S. The summed E-state index contributed by atoms with van der Waals surface area (Å²) in [7, 11) is -3.33. The van der Waals surface area contributed by atoms with Crippen molar-refractivity contribution in [2.75, 3.05) is 26.2 Å². The van der Waals surface area contributed by atoms with Crippen LogP contribution in [-0.2, 0) is 20.6 Å². The zero-order valence-electron chi connectivity index (χ0n) is 14.3. The highest BCUT2D eigenvalue weighted by molar-refractivity contribution is 7.88. The minimum absolute atomic E-state index is 0.0267. The summed E-state index contributed by atoms with van der Waals surface area (Å²) in [6.07, 6.45) is 6.51. The molecule has 3 aliphatic rings. The summed E-state index contributed by atoms with van der Waals surface area (Å²) in [4.78, 5) is 14.6. The summed E-state index contributed by atoms with van der Waals surface area (Å²) in [5.41, 5.74) is 0.801. The maximum atomic E-state index is 12.8. The third-order valence-electron chi connectivity index (χ3n) is 5.73. The number of allylic oxidation sites excluding steroid dienone is 2. The Morgan fingerprint density at radius 3 is 2.32 bits per heavy atom. The average molecular weight is 360 g/mol. The Morgan fingerprint density at radius 1 is 1.00 bits per heavy atom. The van der Waals surface area contributed by atoms with Crippen LogP contribution in [0.25, 0.3) is 0 Å². The van der Waals surface area contributed by atoms with Gasteiger partial charge in [-0.1, -0.05) is 42.5 Å². The molecule has 5 nitrogen and oxygen atoms in total. The number of nitrogens with zero attached hydrogens (tertiary/aromatic N) is 2. The second-order valence-electron chi connectivity index (χ2n) is 7.35. The van der Waals surface area contributed by atoms with E-state index in [-0.39, 0.29) is 17.6 Å². The van der Waals surface area contributed by atoms with E-state index in [4.69, 9.17) is 0 Å². The number of piperazine rings is 1. The molecule has 2 bridgehead atoms. The summed E-state index contributed by atoms with van der Waals surface area (Å²) in [6, 6.07) is 9.25. The van der Waals surface area contributed by atoms with Crippen molar-refractivity contribution in [1.82, 2.24) is 9.21 Å². The predicted molar refractivity (Wildman–Crippen MR) is 96.1 cm³/mol. The molecule has 3 atom stereocenters. The van der Waals surface area contributed by atoms with Crippen LogP contribution < -0.4 is 0 Å². The Bertz CT molecular complexity index is 767. The van der Waals surface area contributed by atoms with Gasteiger partial charge in [0.25, 0.3) is 0 Å². The first-order valence-corrected chi connectivity index (χ1v) is 10.6. The highest BCUT2D eigenvalue weighted by atomic mass is 32.2. The number of benzene rings is 1. The number of carbonyl (C=O) groups is 1. The first-order chi connectivity index (χ1) is 12.0. The molecule has 6 heteroatoms. The van der Waals surface area contributed by atoms with Crippen molar-refractivity contribution >= 4 is 15.9 Å². The van der Waals surface area contributed by atoms with Gasteiger partial charge in [-0.2, -0.15) is 4.31 Å². The number of hydrogen-bond acceptors (Lipinski definition) is 3. The molecule has 1 aliphatic heterocycles. The highest BCUT2D eigenvalue weighted by Gasteiger charge is 2.42. The second-order valence-corrected chi connectivity index (χ2v) is 9.32. The first-order valence-electron chi connectivity index (χ1n) is 9.02. The molecule has 1 aromatic carbocycles. The van der Waals surface area contributed by atoms with Gasteiger partial charge in [-0.3, -0.25) is 4.79 Å². The Balaban J connectivity index is 1.35. The maximum absolute atomic E-state index is 12.8. The van der Waals surface area contributed by atoms with Crippen LogP contribution in [0.5, 0.6) is 0 Å².